The van der Waals surface area contributed by atoms with Crippen molar-refractivity contribution in [3.05, 3.63) is 88.9 Å². The van der Waals surface area contributed by atoms with E-state index in [1.165, 1.54) is 23.1 Å². The fraction of sp³-hybridized carbons (Fsp3) is 0.0870. The number of thioether (sulfide) groups is 1. The van der Waals surface area contributed by atoms with Crippen LogP contribution in [0.5, 0.6) is 0 Å². The largest absolute Gasteiger partial charge is 0.325 e. The fourth-order valence-corrected chi connectivity index (χ4v) is 4.33. The molecule has 0 aliphatic rings. The number of carbonyl (C=O) groups is 2. The van der Waals surface area contributed by atoms with Crippen LogP contribution in [0, 0.1) is 6.92 Å². The molecule has 0 spiro atoms. The zero-order chi connectivity index (χ0) is 21.6. The van der Waals surface area contributed by atoms with Crippen molar-refractivity contribution < 1.29 is 9.59 Å². The van der Waals surface area contributed by atoms with E-state index in [2.05, 4.69) is 21.7 Å². The molecule has 8 heteroatoms. The molecule has 2 amide bonds. The molecule has 0 radical (unpaired) electrons. The van der Waals surface area contributed by atoms with Crippen LogP contribution in [0.3, 0.4) is 0 Å². The van der Waals surface area contributed by atoms with Gasteiger partial charge in [0.05, 0.1) is 10.6 Å². The summed E-state index contributed by atoms with van der Waals surface area (Å²) in [6, 6.07) is 18.8. The van der Waals surface area contributed by atoms with Crippen molar-refractivity contribution >= 4 is 46.3 Å². The summed E-state index contributed by atoms with van der Waals surface area (Å²) in [5, 5.41) is 8.33. The van der Waals surface area contributed by atoms with E-state index < -0.39 is 0 Å². The molecule has 2 aromatic heterocycles. The fourth-order valence-electron chi connectivity index (χ4n) is 2.94. The van der Waals surface area contributed by atoms with Crippen molar-refractivity contribution in [2.75, 3.05) is 16.4 Å². The summed E-state index contributed by atoms with van der Waals surface area (Å²) in [5.74, 6) is -0.0360. The van der Waals surface area contributed by atoms with Gasteiger partial charge >= 0.3 is 0 Å². The molecule has 0 fully saturated rings. The van der Waals surface area contributed by atoms with E-state index in [1.807, 2.05) is 47.3 Å². The number of imidazole rings is 1. The number of hydrogen-bond donors (Lipinski definition) is 2. The maximum absolute atomic E-state index is 12.4. The number of rotatable bonds is 7. The number of hydrogen-bond acceptors (Lipinski definition) is 5. The minimum atomic E-state index is -0.146. The Kier molecular flexibility index (Phi) is 6.49. The SMILES string of the molecule is Cc1cccc(-n2ccnc2SCC(=O)Nc2ccc(NC(=O)c3cccs3)cc2)c1. The van der Waals surface area contributed by atoms with Crippen LogP contribution in [0.25, 0.3) is 5.69 Å². The second kappa shape index (κ2) is 9.63. The predicted molar refractivity (Wildman–Crippen MR) is 126 cm³/mol. The van der Waals surface area contributed by atoms with Gasteiger partial charge in [-0.1, -0.05) is 30.0 Å². The molecule has 4 rings (SSSR count). The molecule has 4 aromatic rings. The predicted octanol–water partition coefficient (Wildman–Crippen LogP) is 5.23. The summed E-state index contributed by atoms with van der Waals surface area (Å²) in [4.78, 5) is 29.5. The highest BCUT2D eigenvalue weighted by Gasteiger charge is 2.10. The maximum Gasteiger partial charge on any atom is 0.265 e. The van der Waals surface area contributed by atoms with Gasteiger partial charge in [-0.15, -0.1) is 11.3 Å². The van der Waals surface area contributed by atoms with Crippen LogP contribution in [-0.2, 0) is 4.79 Å². The molecule has 0 bridgehead atoms. The molecule has 2 heterocycles. The molecule has 0 atom stereocenters. The number of nitrogens with one attached hydrogen (secondary N) is 2. The maximum atomic E-state index is 12.4. The Morgan fingerprint density at radius 1 is 1.03 bits per heavy atom. The number of aryl methyl sites for hydroxylation is 1. The first-order valence-corrected chi connectivity index (χ1v) is 11.4. The van der Waals surface area contributed by atoms with Crippen LogP contribution in [0.4, 0.5) is 11.4 Å². The molecule has 2 N–H and O–H groups in total. The van der Waals surface area contributed by atoms with E-state index in [1.54, 1.807) is 36.5 Å². The lowest BCUT2D eigenvalue weighted by molar-refractivity contribution is -0.113. The van der Waals surface area contributed by atoms with E-state index in [-0.39, 0.29) is 17.6 Å². The van der Waals surface area contributed by atoms with Crippen molar-refractivity contribution in [3.63, 3.8) is 0 Å². The monoisotopic (exact) mass is 448 g/mol. The third-order valence-corrected chi connectivity index (χ3v) is 6.23. The first kappa shape index (κ1) is 20.9. The second-order valence-electron chi connectivity index (χ2n) is 6.76. The van der Waals surface area contributed by atoms with Crippen molar-refractivity contribution in [3.8, 4) is 5.69 Å². The molecule has 0 saturated heterocycles. The molecule has 156 valence electrons. The molecule has 0 saturated carbocycles. The van der Waals surface area contributed by atoms with E-state index >= 15 is 0 Å². The van der Waals surface area contributed by atoms with Gasteiger partial charge in [-0.2, -0.15) is 0 Å². The lowest BCUT2D eigenvalue weighted by atomic mass is 10.2. The van der Waals surface area contributed by atoms with Crippen molar-refractivity contribution in [1.82, 2.24) is 9.55 Å². The van der Waals surface area contributed by atoms with E-state index in [4.69, 9.17) is 0 Å². The Bertz CT molecular complexity index is 1180. The van der Waals surface area contributed by atoms with Crippen molar-refractivity contribution in [2.45, 2.75) is 12.1 Å². The van der Waals surface area contributed by atoms with Gasteiger partial charge in [-0.3, -0.25) is 14.2 Å². The Labute approximate surface area is 188 Å². The number of thiophene rings is 1. The summed E-state index contributed by atoms with van der Waals surface area (Å²) in [7, 11) is 0. The minimum absolute atomic E-state index is 0.126. The average molecular weight is 449 g/mol. The van der Waals surface area contributed by atoms with Gasteiger partial charge in [-0.25, -0.2) is 4.98 Å². The first-order chi connectivity index (χ1) is 15.1. The molecule has 0 aliphatic heterocycles. The van der Waals surface area contributed by atoms with Gasteiger partial charge in [-0.05, 0) is 60.3 Å². The highest BCUT2D eigenvalue weighted by atomic mass is 32.2. The lowest BCUT2D eigenvalue weighted by Crippen LogP contribution is -2.15. The molecular weight excluding hydrogens is 428 g/mol. The van der Waals surface area contributed by atoms with Crippen LogP contribution in [-0.4, -0.2) is 27.1 Å². The van der Waals surface area contributed by atoms with Crippen molar-refractivity contribution in [2.24, 2.45) is 0 Å². The number of anilines is 2. The molecule has 31 heavy (non-hydrogen) atoms. The van der Waals surface area contributed by atoms with Gasteiger partial charge in [0, 0.05) is 29.5 Å². The van der Waals surface area contributed by atoms with Gasteiger partial charge in [0.15, 0.2) is 5.16 Å². The summed E-state index contributed by atoms with van der Waals surface area (Å²) < 4.78 is 1.97. The standard InChI is InChI=1S/C23H20N4O2S2/c1-16-4-2-5-19(14-16)27-12-11-24-23(27)31-15-21(28)25-17-7-9-18(10-8-17)26-22(29)20-6-3-13-30-20/h2-14H,15H2,1H3,(H,25,28)(H,26,29). The topological polar surface area (TPSA) is 76.0 Å². The third kappa shape index (κ3) is 5.42. The summed E-state index contributed by atoms with van der Waals surface area (Å²) in [6.45, 7) is 2.04. The molecular formula is C23H20N4O2S2. The summed E-state index contributed by atoms with van der Waals surface area (Å²) >= 11 is 2.76. The Morgan fingerprint density at radius 3 is 2.52 bits per heavy atom. The average Bonchev–Trinajstić information content (AvgIpc) is 3.46. The highest BCUT2D eigenvalue weighted by Crippen LogP contribution is 2.22. The lowest BCUT2D eigenvalue weighted by Gasteiger charge is -2.09. The van der Waals surface area contributed by atoms with Gasteiger partial charge in [0.1, 0.15) is 0 Å². The number of benzene rings is 2. The Hall–Kier alpha value is -3.36. The highest BCUT2D eigenvalue weighted by molar-refractivity contribution is 7.99. The zero-order valence-electron chi connectivity index (χ0n) is 16.7. The smallest absolute Gasteiger partial charge is 0.265 e. The molecule has 2 aromatic carbocycles. The first-order valence-electron chi connectivity index (χ1n) is 9.56. The zero-order valence-corrected chi connectivity index (χ0v) is 18.4. The van der Waals surface area contributed by atoms with E-state index in [9.17, 15) is 9.59 Å². The Balaban J connectivity index is 1.32. The van der Waals surface area contributed by atoms with Crippen molar-refractivity contribution in [1.29, 1.82) is 0 Å². The number of nitrogens with zero attached hydrogens (tertiary/aromatic N) is 2. The molecule has 0 aliphatic carbocycles. The quantitative estimate of drug-likeness (QED) is 0.380. The number of amides is 2. The summed E-state index contributed by atoms with van der Waals surface area (Å²) in [6.07, 6.45) is 3.62. The van der Waals surface area contributed by atoms with E-state index in [0.29, 0.717) is 16.3 Å². The Morgan fingerprint density at radius 2 is 1.81 bits per heavy atom. The molecule has 6 nitrogen and oxygen atoms in total. The number of carbonyl (C=O) groups excluding carboxylic acids is 2. The van der Waals surface area contributed by atoms with Crippen LogP contribution < -0.4 is 10.6 Å². The van der Waals surface area contributed by atoms with Gasteiger partial charge in [0.25, 0.3) is 5.91 Å². The van der Waals surface area contributed by atoms with Gasteiger partial charge in [0.2, 0.25) is 5.91 Å². The minimum Gasteiger partial charge on any atom is -0.325 e. The second-order valence-corrected chi connectivity index (χ2v) is 8.65. The summed E-state index contributed by atoms with van der Waals surface area (Å²) in [5.41, 5.74) is 3.52. The van der Waals surface area contributed by atoms with Gasteiger partial charge < -0.3 is 10.6 Å². The third-order valence-electron chi connectivity index (χ3n) is 4.39. The van der Waals surface area contributed by atoms with Crippen LogP contribution in [0.1, 0.15) is 15.2 Å². The van der Waals surface area contributed by atoms with E-state index in [0.717, 1.165) is 16.4 Å². The van der Waals surface area contributed by atoms with Crippen LogP contribution in [0.2, 0.25) is 0 Å². The van der Waals surface area contributed by atoms with Crippen LogP contribution >= 0.6 is 23.1 Å². The normalized spacial score (nSPS) is 10.6. The number of aromatic nitrogens is 2. The molecule has 0 unspecified atom stereocenters. The van der Waals surface area contributed by atoms with Crippen LogP contribution in [0.15, 0.2) is 83.6 Å².